The van der Waals surface area contributed by atoms with Crippen LogP contribution in [-0.2, 0) is 0 Å². The van der Waals surface area contributed by atoms with Gasteiger partial charge in [-0.1, -0.05) is 11.6 Å². The maximum Gasteiger partial charge on any atom is 0.269 e. The van der Waals surface area contributed by atoms with Gasteiger partial charge in [0.2, 0.25) is 5.78 Å². The second-order valence-electron chi connectivity index (χ2n) is 4.79. The number of rotatable bonds is 3. The number of hydrogen-bond donors (Lipinski definition) is 0. The van der Waals surface area contributed by atoms with Crippen LogP contribution in [0.15, 0.2) is 52.9 Å². The number of nitro groups is 1. The van der Waals surface area contributed by atoms with Crippen LogP contribution in [0.25, 0.3) is 11.0 Å². The molecule has 0 fully saturated rings. The van der Waals surface area contributed by atoms with Gasteiger partial charge in [-0.15, -0.1) is 0 Å². The quantitative estimate of drug-likeness (QED) is 0.415. The monoisotopic (exact) mass is 281 g/mol. The highest BCUT2D eigenvalue weighted by Gasteiger charge is 2.16. The van der Waals surface area contributed by atoms with Crippen molar-refractivity contribution in [3.63, 3.8) is 0 Å². The summed E-state index contributed by atoms with van der Waals surface area (Å²) < 4.78 is 5.53. The highest BCUT2D eigenvalue weighted by Crippen LogP contribution is 2.23. The van der Waals surface area contributed by atoms with E-state index in [1.165, 1.54) is 24.3 Å². The van der Waals surface area contributed by atoms with Crippen molar-refractivity contribution in [1.82, 2.24) is 0 Å². The number of fused-ring (bicyclic) bond motifs is 1. The van der Waals surface area contributed by atoms with Gasteiger partial charge < -0.3 is 4.42 Å². The third-order valence-corrected chi connectivity index (χ3v) is 3.24. The molecule has 1 aromatic heterocycles. The van der Waals surface area contributed by atoms with Crippen molar-refractivity contribution >= 4 is 22.4 Å². The largest absolute Gasteiger partial charge is 0.453 e. The Hall–Kier alpha value is -2.95. The summed E-state index contributed by atoms with van der Waals surface area (Å²) in [4.78, 5) is 22.4. The molecule has 0 aliphatic rings. The van der Waals surface area contributed by atoms with Crippen LogP contribution >= 0.6 is 0 Å². The van der Waals surface area contributed by atoms with Crippen molar-refractivity contribution < 1.29 is 14.1 Å². The van der Waals surface area contributed by atoms with Crippen LogP contribution in [0, 0.1) is 17.0 Å². The molecule has 0 amide bonds. The highest BCUT2D eigenvalue weighted by molar-refractivity contribution is 6.09. The molecular weight excluding hydrogens is 270 g/mol. The molecule has 2 aromatic carbocycles. The van der Waals surface area contributed by atoms with Gasteiger partial charge in [-0.25, -0.2) is 0 Å². The molecule has 3 rings (SSSR count). The second kappa shape index (κ2) is 4.86. The Morgan fingerprint density at radius 1 is 1.10 bits per heavy atom. The lowest BCUT2D eigenvalue weighted by molar-refractivity contribution is -0.384. The van der Waals surface area contributed by atoms with E-state index in [-0.39, 0.29) is 17.2 Å². The number of hydrogen-bond acceptors (Lipinski definition) is 4. The lowest BCUT2D eigenvalue weighted by atomic mass is 10.1. The Labute approximate surface area is 120 Å². The second-order valence-corrected chi connectivity index (χ2v) is 4.79. The standard InChI is InChI=1S/C16H11NO4/c1-10-2-7-14-12(8-10)9-15(21-14)16(18)11-3-5-13(6-4-11)17(19)20/h2-9H,1H3. The summed E-state index contributed by atoms with van der Waals surface area (Å²) in [5.41, 5.74) is 2.03. The van der Waals surface area contributed by atoms with Crippen molar-refractivity contribution in [3.05, 3.63) is 75.5 Å². The fraction of sp³-hybridized carbons (Fsp3) is 0.0625. The average Bonchev–Trinajstić information content (AvgIpc) is 2.89. The minimum Gasteiger partial charge on any atom is -0.453 e. The molecule has 5 heteroatoms. The molecule has 0 N–H and O–H groups in total. The minimum atomic E-state index is -0.502. The molecule has 0 saturated heterocycles. The van der Waals surface area contributed by atoms with Crippen LogP contribution in [-0.4, -0.2) is 10.7 Å². The Balaban J connectivity index is 1.97. The summed E-state index contributed by atoms with van der Waals surface area (Å²) in [6.07, 6.45) is 0. The summed E-state index contributed by atoms with van der Waals surface area (Å²) in [5.74, 6) is -0.0665. The molecule has 0 saturated carbocycles. The predicted octanol–water partition coefficient (Wildman–Crippen LogP) is 3.88. The number of aryl methyl sites for hydroxylation is 1. The lowest BCUT2D eigenvalue weighted by Crippen LogP contribution is -1.99. The van der Waals surface area contributed by atoms with Gasteiger partial charge in [0.05, 0.1) is 4.92 Å². The first kappa shape index (κ1) is 13.1. The van der Waals surface area contributed by atoms with Gasteiger partial charge in [-0.3, -0.25) is 14.9 Å². The molecule has 0 bridgehead atoms. The number of carbonyl (C=O) groups excluding carboxylic acids is 1. The molecule has 3 aromatic rings. The van der Waals surface area contributed by atoms with Gasteiger partial charge in [-0.05, 0) is 37.3 Å². The van der Waals surface area contributed by atoms with E-state index < -0.39 is 4.92 Å². The maximum atomic E-state index is 12.3. The normalized spacial score (nSPS) is 10.7. The number of carbonyl (C=O) groups is 1. The summed E-state index contributed by atoms with van der Waals surface area (Å²) in [5, 5.41) is 11.5. The van der Waals surface area contributed by atoms with Gasteiger partial charge >= 0.3 is 0 Å². The maximum absolute atomic E-state index is 12.3. The van der Waals surface area contributed by atoms with Crippen molar-refractivity contribution in [3.8, 4) is 0 Å². The lowest BCUT2D eigenvalue weighted by Gasteiger charge is -1.97. The molecule has 0 radical (unpaired) electrons. The third-order valence-electron chi connectivity index (χ3n) is 3.24. The van der Waals surface area contributed by atoms with Gasteiger partial charge in [0, 0.05) is 23.1 Å². The smallest absolute Gasteiger partial charge is 0.269 e. The molecule has 0 aliphatic heterocycles. The first-order valence-electron chi connectivity index (χ1n) is 6.34. The number of non-ortho nitro benzene ring substituents is 1. The minimum absolute atomic E-state index is 0.0493. The van der Waals surface area contributed by atoms with Crippen LogP contribution in [0.2, 0.25) is 0 Å². The van der Waals surface area contributed by atoms with Crippen LogP contribution in [0.4, 0.5) is 5.69 Å². The van der Waals surface area contributed by atoms with E-state index in [0.717, 1.165) is 10.9 Å². The fourth-order valence-electron chi connectivity index (χ4n) is 2.15. The predicted molar refractivity (Wildman–Crippen MR) is 77.5 cm³/mol. The molecular formula is C16H11NO4. The Morgan fingerprint density at radius 2 is 1.81 bits per heavy atom. The van der Waals surface area contributed by atoms with Gasteiger partial charge in [0.25, 0.3) is 5.69 Å². The molecule has 5 nitrogen and oxygen atoms in total. The average molecular weight is 281 g/mol. The Morgan fingerprint density at radius 3 is 2.48 bits per heavy atom. The van der Waals surface area contributed by atoms with Crippen LogP contribution < -0.4 is 0 Å². The number of benzene rings is 2. The SMILES string of the molecule is Cc1ccc2oc(C(=O)c3ccc([N+](=O)[O-])cc3)cc2c1. The molecule has 1 heterocycles. The zero-order valence-electron chi connectivity index (χ0n) is 11.2. The highest BCUT2D eigenvalue weighted by atomic mass is 16.6. The number of furan rings is 1. The zero-order chi connectivity index (χ0) is 15.0. The van der Waals surface area contributed by atoms with Crippen molar-refractivity contribution in [2.75, 3.05) is 0 Å². The molecule has 0 spiro atoms. The van der Waals surface area contributed by atoms with E-state index >= 15 is 0 Å². The van der Waals surface area contributed by atoms with E-state index in [2.05, 4.69) is 0 Å². The van der Waals surface area contributed by atoms with Crippen molar-refractivity contribution in [2.24, 2.45) is 0 Å². The Kier molecular flexibility index (Phi) is 3.02. The van der Waals surface area contributed by atoms with Crippen LogP contribution in [0.5, 0.6) is 0 Å². The van der Waals surface area contributed by atoms with Crippen LogP contribution in [0.1, 0.15) is 21.7 Å². The molecule has 0 atom stereocenters. The summed E-state index contributed by atoms with van der Waals surface area (Å²) in [6, 6.07) is 12.8. The summed E-state index contributed by atoms with van der Waals surface area (Å²) >= 11 is 0. The van der Waals surface area contributed by atoms with E-state index in [9.17, 15) is 14.9 Å². The molecule has 21 heavy (non-hydrogen) atoms. The van der Waals surface area contributed by atoms with Gasteiger partial charge in [-0.2, -0.15) is 0 Å². The van der Waals surface area contributed by atoms with Crippen molar-refractivity contribution in [1.29, 1.82) is 0 Å². The number of nitro benzene ring substituents is 1. The molecule has 104 valence electrons. The van der Waals surface area contributed by atoms with Crippen LogP contribution in [0.3, 0.4) is 0 Å². The first-order valence-corrected chi connectivity index (χ1v) is 6.34. The third kappa shape index (κ3) is 2.41. The topological polar surface area (TPSA) is 73.3 Å². The first-order chi connectivity index (χ1) is 10.0. The Bertz CT molecular complexity index is 846. The van der Waals surface area contributed by atoms with Gasteiger partial charge in [0.15, 0.2) is 5.76 Å². The zero-order valence-corrected chi connectivity index (χ0v) is 11.2. The van der Waals surface area contributed by atoms with E-state index in [4.69, 9.17) is 4.42 Å². The van der Waals surface area contributed by atoms with E-state index in [1.807, 2.05) is 25.1 Å². The number of ketones is 1. The van der Waals surface area contributed by atoms with Gasteiger partial charge in [0.1, 0.15) is 5.58 Å². The fourth-order valence-corrected chi connectivity index (χ4v) is 2.15. The molecule has 0 unspecified atom stereocenters. The van der Waals surface area contributed by atoms with Crippen molar-refractivity contribution in [2.45, 2.75) is 6.92 Å². The van der Waals surface area contributed by atoms with E-state index in [0.29, 0.717) is 11.1 Å². The molecule has 0 aliphatic carbocycles. The van der Waals surface area contributed by atoms with E-state index in [1.54, 1.807) is 6.07 Å². The summed E-state index contributed by atoms with van der Waals surface area (Å²) in [6.45, 7) is 1.96. The number of nitrogens with zero attached hydrogens (tertiary/aromatic N) is 1. The summed E-state index contributed by atoms with van der Waals surface area (Å²) in [7, 11) is 0.